The van der Waals surface area contributed by atoms with Crippen molar-refractivity contribution in [3.05, 3.63) is 58.6 Å². The lowest BCUT2D eigenvalue weighted by atomic mass is 10.1. The number of nitrogens with one attached hydrogen (secondary N) is 1. The van der Waals surface area contributed by atoms with Gasteiger partial charge in [0.25, 0.3) is 0 Å². The molecule has 27 heavy (non-hydrogen) atoms. The van der Waals surface area contributed by atoms with E-state index < -0.39 is 5.97 Å². The maximum Gasteiger partial charge on any atom is 0.337 e. The summed E-state index contributed by atoms with van der Waals surface area (Å²) in [7, 11) is 1.29. The second-order valence-electron chi connectivity index (χ2n) is 5.93. The fraction of sp³-hybridized carbons (Fsp3) is 0.250. The van der Waals surface area contributed by atoms with Crippen LogP contribution in [0.25, 0.3) is 0 Å². The lowest BCUT2D eigenvalue weighted by molar-refractivity contribution is -0.117. The molecule has 1 N–H and O–H groups in total. The Labute approximate surface area is 163 Å². The van der Waals surface area contributed by atoms with Gasteiger partial charge in [-0.25, -0.2) is 4.79 Å². The number of halogens is 1. The van der Waals surface area contributed by atoms with Gasteiger partial charge in [-0.2, -0.15) is 0 Å². The third-order valence-electron chi connectivity index (χ3n) is 4.04. The van der Waals surface area contributed by atoms with Crippen molar-refractivity contribution in [2.24, 2.45) is 0 Å². The first-order valence-corrected chi connectivity index (χ1v) is 8.72. The number of hydrogen-bond acceptors (Lipinski definition) is 4. The predicted octanol–water partition coefficient (Wildman–Crippen LogP) is 3.82. The lowest BCUT2D eigenvalue weighted by Gasteiger charge is -2.23. The largest absolute Gasteiger partial charge is 0.465 e. The third-order valence-corrected chi connectivity index (χ3v) is 4.45. The topological polar surface area (TPSA) is 75.7 Å². The number of ether oxygens (including phenoxy) is 1. The Hall–Kier alpha value is -2.86. The van der Waals surface area contributed by atoms with Gasteiger partial charge in [-0.05, 0) is 42.8 Å². The van der Waals surface area contributed by atoms with Crippen molar-refractivity contribution in [1.29, 1.82) is 0 Å². The molecule has 7 heteroatoms. The fourth-order valence-electron chi connectivity index (χ4n) is 2.61. The summed E-state index contributed by atoms with van der Waals surface area (Å²) < 4.78 is 4.66. The maximum atomic E-state index is 12.3. The standard InChI is InChI=1S/C20H21ClN2O4/c1-13-17(21)8-5-9-18(13)23(14(2)24)11-10-19(25)22-16-7-4-6-15(12-16)20(26)27-3/h4-9,12H,10-11H2,1-3H3,(H,22,25). The van der Waals surface area contributed by atoms with Crippen LogP contribution in [0, 0.1) is 6.92 Å². The maximum absolute atomic E-state index is 12.3. The Balaban J connectivity index is 2.06. The number of esters is 1. The smallest absolute Gasteiger partial charge is 0.337 e. The predicted molar refractivity (Wildman–Crippen MR) is 105 cm³/mol. The second-order valence-corrected chi connectivity index (χ2v) is 6.33. The molecular formula is C20H21ClN2O4. The summed E-state index contributed by atoms with van der Waals surface area (Å²) in [5.41, 5.74) is 2.28. The van der Waals surface area contributed by atoms with Gasteiger partial charge in [-0.15, -0.1) is 0 Å². The van der Waals surface area contributed by atoms with E-state index in [0.29, 0.717) is 22.0 Å². The van der Waals surface area contributed by atoms with Crippen LogP contribution >= 0.6 is 11.6 Å². The van der Waals surface area contributed by atoms with Gasteiger partial charge >= 0.3 is 5.97 Å². The lowest BCUT2D eigenvalue weighted by Crippen LogP contribution is -2.32. The molecular weight excluding hydrogens is 368 g/mol. The zero-order chi connectivity index (χ0) is 20.0. The number of amides is 2. The van der Waals surface area contributed by atoms with E-state index in [1.165, 1.54) is 25.0 Å². The number of methoxy groups -OCH3 is 1. The highest BCUT2D eigenvalue weighted by molar-refractivity contribution is 6.31. The van der Waals surface area contributed by atoms with Crippen LogP contribution in [0.4, 0.5) is 11.4 Å². The zero-order valence-corrected chi connectivity index (χ0v) is 16.2. The summed E-state index contributed by atoms with van der Waals surface area (Å²) in [5, 5.41) is 3.28. The Bertz CT molecular complexity index is 867. The Morgan fingerprint density at radius 3 is 2.52 bits per heavy atom. The second kappa shape index (κ2) is 9.19. The summed E-state index contributed by atoms with van der Waals surface area (Å²) in [5.74, 6) is -0.936. The van der Waals surface area contributed by atoms with E-state index in [1.54, 1.807) is 36.4 Å². The molecule has 0 aliphatic carbocycles. The Morgan fingerprint density at radius 1 is 1.15 bits per heavy atom. The molecule has 6 nitrogen and oxygen atoms in total. The summed E-state index contributed by atoms with van der Waals surface area (Å²) in [6.07, 6.45) is 0.0913. The molecule has 0 spiro atoms. The molecule has 0 saturated carbocycles. The molecule has 0 aliphatic rings. The average Bonchev–Trinajstić information content (AvgIpc) is 2.64. The highest BCUT2D eigenvalue weighted by Gasteiger charge is 2.17. The number of rotatable bonds is 6. The van der Waals surface area contributed by atoms with Crippen molar-refractivity contribution >= 4 is 40.8 Å². The van der Waals surface area contributed by atoms with Crippen LogP contribution in [0.15, 0.2) is 42.5 Å². The van der Waals surface area contributed by atoms with Crippen LogP contribution in [0.3, 0.4) is 0 Å². The van der Waals surface area contributed by atoms with Crippen LogP contribution in [-0.2, 0) is 14.3 Å². The van der Waals surface area contributed by atoms with Crippen molar-refractivity contribution in [1.82, 2.24) is 0 Å². The van der Waals surface area contributed by atoms with Gasteiger partial charge in [0.1, 0.15) is 0 Å². The van der Waals surface area contributed by atoms with Crippen LogP contribution in [-0.4, -0.2) is 31.4 Å². The quantitative estimate of drug-likeness (QED) is 0.763. The van der Waals surface area contributed by atoms with E-state index in [0.717, 1.165) is 5.56 Å². The number of anilines is 2. The van der Waals surface area contributed by atoms with Crippen LogP contribution in [0.2, 0.25) is 5.02 Å². The fourth-order valence-corrected chi connectivity index (χ4v) is 2.78. The number of benzene rings is 2. The van der Waals surface area contributed by atoms with Crippen molar-refractivity contribution < 1.29 is 19.1 Å². The van der Waals surface area contributed by atoms with Crippen molar-refractivity contribution in [3.63, 3.8) is 0 Å². The number of nitrogens with zero attached hydrogens (tertiary/aromatic N) is 1. The van der Waals surface area contributed by atoms with Gasteiger partial charge in [0.2, 0.25) is 11.8 Å². The van der Waals surface area contributed by atoms with Gasteiger partial charge in [-0.3, -0.25) is 9.59 Å². The molecule has 0 saturated heterocycles. The highest BCUT2D eigenvalue weighted by Crippen LogP contribution is 2.27. The van der Waals surface area contributed by atoms with E-state index in [-0.39, 0.29) is 24.8 Å². The van der Waals surface area contributed by atoms with Gasteiger partial charge < -0.3 is 15.0 Å². The first-order valence-electron chi connectivity index (χ1n) is 8.35. The molecule has 0 bridgehead atoms. The first-order chi connectivity index (χ1) is 12.8. The summed E-state index contributed by atoms with van der Waals surface area (Å²) in [6, 6.07) is 11.8. The summed E-state index contributed by atoms with van der Waals surface area (Å²) >= 11 is 6.13. The molecule has 0 heterocycles. The van der Waals surface area contributed by atoms with Crippen molar-refractivity contribution in [2.45, 2.75) is 20.3 Å². The van der Waals surface area contributed by atoms with Crippen molar-refractivity contribution in [2.75, 3.05) is 23.9 Å². The molecule has 0 fully saturated rings. The van der Waals surface area contributed by atoms with Crippen LogP contribution in [0.5, 0.6) is 0 Å². The zero-order valence-electron chi connectivity index (χ0n) is 15.4. The third kappa shape index (κ3) is 5.31. The minimum absolute atomic E-state index is 0.0913. The summed E-state index contributed by atoms with van der Waals surface area (Å²) in [4.78, 5) is 37.4. The molecule has 2 aromatic carbocycles. The molecule has 0 atom stereocenters. The molecule has 142 valence electrons. The monoisotopic (exact) mass is 388 g/mol. The van der Waals surface area contributed by atoms with E-state index in [1.807, 2.05) is 6.92 Å². The molecule has 2 aromatic rings. The van der Waals surface area contributed by atoms with Gasteiger partial charge in [-0.1, -0.05) is 23.7 Å². The minimum Gasteiger partial charge on any atom is -0.465 e. The van der Waals surface area contributed by atoms with E-state index in [9.17, 15) is 14.4 Å². The number of hydrogen-bond donors (Lipinski definition) is 1. The van der Waals surface area contributed by atoms with E-state index >= 15 is 0 Å². The van der Waals surface area contributed by atoms with Gasteiger partial charge in [0.15, 0.2) is 0 Å². The minimum atomic E-state index is -0.481. The molecule has 0 radical (unpaired) electrons. The number of carbonyl (C=O) groups excluding carboxylic acids is 3. The van der Waals surface area contributed by atoms with Crippen LogP contribution in [0.1, 0.15) is 29.3 Å². The molecule has 0 aliphatic heterocycles. The van der Waals surface area contributed by atoms with Crippen LogP contribution < -0.4 is 10.2 Å². The number of carbonyl (C=O) groups is 3. The van der Waals surface area contributed by atoms with E-state index in [2.05, 4.69) is 10.1 Å². The average molecular weight is 389 g/mol. The Morgan fingerprint density at radius 2 is 1.85 bits per heavy atom. The van der Waals surface area contributed by atoms with Gasteiger partial charge in [0.05, 0.1) is 12.7 Å². The molecule has 0 unspecified atom stereocenters. The highest BCUT2D eigenvalue weighted by atomic mass is 35.5. The molecule has 0 aromatic heterocycles. The molecule has 2 rings (SSSR count). The SMILES string of the molecule is COC(=O)c1cccc(NC(=O)CCN(C(C)=O)c2cccc(Cl)c2C)c1. The summed E-state index contributed by atoms with van der Waals surface area (Å²) in [6.45, 7) is 3.48. The molecule has 2 amide bonds. The first kappa shape index (κ1) is 20.5. The van der Waals surface area contributed by atoms with E-state index in [4.69, 9.17) is 11.6 Å². The normalized spacial score (nSPS) is 10.2. The van der Waals surface area contributed by atoms with Gasteiger partial charge in [0, 0.05) is 36.3 Å². The Kier molecular flexibility index (Phi) is 6.96. The van der Waals surface area contributed by atoms with Crippen molar-refractivity contribution in [3.8, 4) is 0 Å².